The van der Waals surface area contributed by atoms with E-state index in [0.29, 0.717) is 12.3 Å². The molecule has 1 aromatic rings. The van der Waals surface area contributed by atoms with E-state index in [4.69, 9.17) is 0 Å². The molecule has 2 unspecified atom stereocenters. The molecule has 1 aliphatic carbocycles. The Morgan fingerprint density at radius 1 is 1.12 bits per heavy atom. The number of hydrogen-bond donors (Lipinski definition) is 0. The summed E-state index contributed by atoms with van der Waals surface area (Å²) in [5.41, 5.74) is 0.201. The lowest BCUT2D eigenvalue weighted by Crippen LogP contribution is -2.62. The van der Waals surface area contributed by atoms with Crippen LogP contribution in [0.2, 0.25) is 0 Å². The fourth-order valence-corrected chi connectivity index (χ4v) is 6.28. The number of carbonyl (C=O) groups excluding carboxylic acids is 2. The molecule has 2 spiro atoms. The van der Waals surface area contributed by atoms with Gasteiger partial charge >= 0.3 is 0 Å². The number of fused-ring (bicyclic) bond motifs is 3. The van der Waals surface area contributed by atoms with Crippen molar-refractivity contribution in [2.45, 2.75) is 45.6 Å². The molecule has 1 saturated heterocycles. The maximum atomic E-state index is 13.7. The molecule has 0 N–H and O–H groups in total. The highest BCUT2D eigenvalue weighted by molar-refractivity contribution is 6.12. The molecule has 1 saturated carbocycles. The van der Waals surface area contributed by atoms with Gasteiger partial charge in [-0.1, -0.05) is 39.0 Å². The number of hydrogen-bond acceptors (Lipinski definition) is 3. The van der Waals surface area contributed by atoms with Crippen LogP contribution < -0.4 is 4.90 Å². The van der Waals surface area contributed by atoms with Crippen molar-refractivity contribution < 1.29 is 9.59 Å². The predicted octanol–water partition coefficient (Wildman–Crippen LogP) is 3.21. The van der Waals surface area contributed by atoms with E-state index in [9.17, 15) is 9.59 Å². The molecule has 4 rings (SSSR count). The quantitative estimate of drug-likeness (QED) is 0.728. The molecular formula is C21H28N2O2. The van der Waals surface area contributed by atoms with Crippen LogP contribution >= 0.6 is 0 Å². The number of anilines is 1. The molecule has 0 aromatic heterocycles. The SMILES string of the molecule is C[C@H]1CCC2(C(=O)C1)C(C)(C)CN(C)C21C(=O)N(C)c2ccccc21. The zero-order valence-electron chi connectivity index (χ0n) is 15.9. The molecule has 4 nitrogen and oxygen atoms in total. The predicted molar refractivity (Wildman–Crippen MR) is 98.4 cm³/mol. The summed E-state index contributed by atoms with van der Waals surface area (Å²) in [5, 5.41) is 0. The van der Waals surface area contributed by atoms with E-state index in [0.717, 1.165) is 30.6 Å². The summed E-state index contributed by atoms with van der Waals surface area (Å²) in [6.45, 7) is 7.27. The van der Waals surface area contributed by atoms with Crippen molar-refractivity contribution in [3.05, 3.63) is 29.8 Å². The standard InChI is InChI=1S/C21H28N2O2/c1-14-10-11-20(17(24)12-14)19(2,3)13-22(4)21(20)15-8-6-7-9-16(15)23(5)18(21)25/h6-9,14H,10-13H2,1-5H3/t14-,20?,21?/m0/s1. The first-order chi connectivity index (χ1) is 11.7. The number of carbonyl (C=O) groups is 2. The van der Waals surface area contributed by atoms with Crippen LogP contribution in [0, 0.1) is 16.7 Å². The Hall–Kier alpha value is -1.68. The normalized spacial score (nSPS) is 37.3. The molecule has 2 aliphatic heterocycles. The third kappa shape index (κ3) is 1.67. The largest absolute Gasteiger partial charge is 0.313 e. The summed E-state index contributed by atoms with van der Waals surface area (Å²) in [4.78, 5) is 31.3. The average Bonchev–Trinajstić information content (AvgIpc) is 2.88. The van der Waals surface area contributed by atoms with Crippen LogP contribution in [0.25, 0.3) is 0 Å². The van der Waals surface area contributed by atoms with Gasteiger partial charge in [-0.25, -0.2) is 0 Å². The Balaban J connectivity index is 2.06. The van der Waals surface area contributed by atoms with Gasteiger partial charge < -0.3 is 4.90 Å². The fraction of sp³-hybridized carbons (Fsp3) is 0.619. The summed E-state index contributed by atoms with van der Waals surface area (Å²) in [7, 11) is 3.87. The van der Waals surface area contributed by atoms with Gasteiger partial charge in [0.2, 0.25) is 0 Å². The zero-order chi connectivity index (χ0) is 18.2. The second-order valence-electron chi connectivity index (χ2n) is 9.01. The lowest BCUT2D eigenvalue weighted by molar-refractivity contribution is -0.155. The molecule has 134 valence electrons. The van der Waals surface area contributed by atoms with Gasteiger partial charge in [0, 0.05) is 31.3 Å². The minimum atomic E-state index is -0.862. The van der Waals surface area contributed by atoms with Gasteiger partial charge in [0.15, 0.2) is 0 Å². The second kappa shape index (κ2) is 4.94. The minimum absolute atomic E-state index is 0.0599. The van der Waals surface area contributed by atoms with Crippen molar-refractivity contribution in [1.29, 1.82) is 0 Å². The van der Waals surface area contributed by atoms with Gasteiger partial charge in [0.25, 0.3) is 5.91 Å². The lowest BCUT2D eigenvalue weighted by Gasteiger charge is -2.51. The average molecular weight is 340 g/mol. The number of nitrogens with zero attached hydrogens (tertiary/aromatic N) is 2. The number of rotatable bonds is 0. The highest BCUT2D eigenvalue weighted by Crippen LogP contribution is 2.68. The van der Waals surface area contributed by atoms with Crippen molar-refractivity contribution >= 4 is 17.4 Å². The number of benzene rings is 1. The van der Waals surface area contributed by atoms with Gasteiger partial charge in [0.05, 0.1) is 5.41 Å². The van der Waals surface area contributed by atoms with E-state index in [1.807, 2.05) is 32.3 Å². The van der Waals surface area contributed by atoms with Gasteiger partial charge in [-0.05, 0) is 37.3 Å². The molecule has 1 amide bonds. The number of ketones is 1. The van der Waals surface area contributed by atoms with E-state index < -0.39 is 11.0 Å². The number of likely N-dealkylation sites (tertiary alicyclic amines) is 1. The van der Waals surface area contributed by atoms with Crippen molar-refractivity contribution in [3.8, 4) is 0 Å². The van der Waals surface area contributed by atoms with Crippen LogP contribution in [-0.2, 0) is 15.1 Å². The Kier molecular flexibility index (Phi) is 3.31. The Bertz CT molecular complexity index is 771. The van der Waals surface area contributed by atoms with Crippen molar-refractivity contribution in [2.24, 2.45) is 16.7 Å². The molecule has 3 aliphatic rings. The summed E-state index contributed by atoms with van der Waals surface area (Å²) in [6.07, 6.45) is 2.38. The van der Waals surface area contributed by atoms with Gasteiger partial charge in [0.1, 0.15) is 11.3 Å². The van der Waals surface area contributed by atoms with E-state index in [-0.39, 0.29) is 17.1 Å². The van der Waals surface area contributed by atoms with Crippen molar-refractivity contribution in [3.63, 3.8) is 0 Å². The highest BCUT2D eigenvalue weighted by atomic mass is 16.2. The topological polar surface area (TPSA) is 40.6 Å². The molecule has 3 atom stereocenters. The summed E-state index contributed by atoms with van der Waals surface area (Å²) < 4.78 is 0. The Morgan fingerprint density at radius 2 is 1.80 bits per heavy atom. The van der Waals surface area contributed by atoms with E-state index >= 15 is 0 Å². The van der Waals surface area contributed by atoms with Gasteiger partial charge in [-0.15, -0.1) is 0 Å². The monoisotopic (exact) mass is 340 g/mol. The van der Waals surface area contributed by atoms with Crippen LogP contribution in [-0.4, -0.2) is 37.2 Å². The van der Waals surface area contributed by atoms with E-state index in [1.165, 1.54) is 0 Å². The molecule has 4 heteroatoms. The number of likely N-dealkylation sites (N-methyl/N-ethyl adjacent to an activating group) is 2. The van der Waals surface area contributed by atoms with E-state index in [1.54, 1.807) is 4.90 Å². The molecule has 0 bridgehead atoms. The van der Waals surface area contributed by atoms with Crippen molar-refractivity contribution in [1.82, 2.24) is 4.90 Å². The molecule has 2 heterocycles. The third-order valence-electron chi connectivity index (χ3n) is 7.27. The molecule has 25 heavy (non-hydrogen) atoms. The Morgan fingerprint density at radius 3 is 2.48 bits per heavy atom. The molecule has 2 fully saturated rings. The van der Waals surface area contributed by atoms with Crippen LogP contribution in [0.4, 0.5) is 5.69 Å². The maximum Gasteiger partial charge on any atom is 0.253 e. The van der Waals surface area contributed by atoms with Gasteiger partial charge in [-0.2, -0.15) is 0 Å². The maximum absolute atomic E-state index is 13.7. The van der Waals surface area contributed by atoms with Crippen LogP contribution in [0.5, 0.6) is 0 Å². The molecule has 0 radical (unpaired) electrons. The zero-order valence-corrected chi connectivity index (χ0v) is 15.9. The van der Waals surface area contributed by atoms with Crippen LogP contribution in [0.1, 0.15) is 45.6 Å². The fourth-order valence-electron chi connectivity index (χ4n) is 6.28. The number of amides is 1. The van der Waals surface area contributed by atoms with Crippen LogP contribution in [0.3, 0.4) is 0 Å². The third-order valence-corrected chi connectivity index (χ3v) is 7.27. The van der Waals surface area contributed by atoms with Gasteiger partial charge in [-0.3, -0.25) is 14.5 Å². The summed E-state index contributed by atoms with van der Waals surface area (Å²) >= 11 is 0. The van der Waals surface area contributed by atoms with Crippen molar-refractivity contribution in [2.75, 3.05) is 25.5 Å². The minimum Gasteiger partial charge on any atom is -0.313 e. The van der Waals surface area contributed by atoms with E-state index in [2.05, 4.69) is 31.7 Å². The Labute approximate surface area is 150 Å². The summed E-state index contributed by atoms with van der Waals surface area (Å²) in [5.74, 6) is 0.741. The first-order valence-corrected chi connectivity index (χ1v) is 9.32. The first-order valence-electron chi connectivity index (χ1n) is 9.32. The highest BCUT2D eigenvalue weighted by Gasteiger charge is 2.76. The van der Waals surface area contributed by atoms with Crippen LogP contribution in [0.15, 0.2) is 24.3 Å². The summed E-state index contributed by atoms with van der Waals surface area (Å²) in [6, 6.07) is 8.03. The second-order valence-corrected chi connectivity index (χ2v) is 9.01. The molecule has 1 aromatic carbocycles. The molecular weight excluding hydrogens is 312 g/mol. The smallest absolute Gasteiger partial charge is 0.253 e. The number of Topliss-reactive ketones (excluding diaryl/α,β-unsaturated/α-hetero) is 1. The number of para-hydroxylation sites is 1. The first kappa shape index (κ1) is 16.8. The lowest BCUT2D eigenvalue weighted by atomic mass is 9.50.